The average Bonchev–Trinajstić information content (AvgIpc) is 2.45. The van der Waals surface area contributed by atoms with Gasteiger partial charge in [-0.25, -0.2) is 0 Å². The third-order valence-corrected chi connectivity index (χ3v) is 2.82. The van der Waals surface area contributed by atoms with Gasteiger partial charge in [0.2, 0.25) is 0 Å². The summed E-state index contributed by atoms with van der Waals surface area (Å²) in [6, 6.07) is 8.85. The quantitative estimate of drug-likeness (QED) is 0.658. The molecule has 3 N–H and O–H groups in total. The molecule has 0 aliphatic rings. The van der Waals surface area contributed by atoms with Crippen molar-refractivity contribution < 1.29 is 14.9 Å². The molecule has 110 valence electrons. The lowest BCUT2D eigenvalue weighted by Crippen LogP contribution is -2.38. The molecule has 0 radical (unpaired) electrons. The summed E-state index contributed by atoms with van der Waals surface area (Å²) in [5.74, 6) is 0.568. The molecular weight excluding hydrogens is 256 g/mol. The molecule has 0 spiro atoms. The highest BCUT2D eigenvalue weighted by atomic mass is 16.5. The molecule has 0 bridgehead atoms. The van der Waals surface area contributed by atoms with E-state index in [1.54, 1.807) is 24.3 Å². The van der Waals surface area contributed by atoms with Crippen LogP contribution in [0.1, 0.15) is 19.4 Å². The van der Waals surface area contributed by atoms with Crippen LogP contribution >= 0.6 is 0 Å². The summed E-state index contributed by atoms with van der Waals surface area (Å²) >= 11 is 0. The predicted molar refractivity (Wildman–Crippen MR) is 76.4 cm³/mol. The molecule has 0 fully saturated rings. The first kappa shape index (κ1) is 16.4. The van der Waals surface area contributed by atoms with Gasteiger partial charge < -0.3 is 20.3 Å². The largest absolute Gasteiger partial charge is 0.491 e. The molecule has 1 aromatic carbocycles. The number of nitrogens with one attached hydrogen (secondary N) is 1. The van der Waals surface area contributed by atoms with E-state index in [0.29, 0.717) is 24.4 Å². The number of hydrogen-bond acceptors (Lipinski definition) is 5. The monoisotopic (exact) mass is 278 g/mol. The Morgan fingerprint density at radius 2 is 2.20 bits per heavy atom. The lowest BCUT2D eigenvalue weighted by atomic mass is 9.95. The van der Waals surface area contributed by atoms with Crippen molar-refractivity contribution in [1.82, 2.24) is 5.32 Å². The molecular formula is C15H22N2O3. The molecule has 1 unspecified atom stereocenters. The Bertz CT molecular complexity index is 455. The van der Waals surface area contributed by atoms with Gasteiger partial charge >= 0.3 is 0 Å². The van der Waals surface area contributed by atoms with Crippen LogP contribution < -0.4 is 10.1 Å². The molecule has 0 saturated heterocycles. The topological polar surface area (TPSA) is 85.5 Å². The molecule has 20 heavy (non-hydrogen) atoms. The van der Waals surface area contributed by atoms with Crippen molar-refractivity contribution >= 4 is 0 Å². The number of ether oxygens (including phenoxy) is 1. The maximum absolute atomic E-state index is 9.79. The Hall–Kier alpha value is -1.61. The maximum Gasteiger partial charge on any atom is 0.120 e. The van der Waals surface area contributed by atoms with E-state index in [2.05, 4.69) is 5.32 Å². The van der Waals surface area contributed by atoms with Crippen molar-refractivity contribution in [2.24, 2.45) is 5.41 Å². The first-order valence-electron chi connectivity index (χ1n) is 6.59. The van der Waals surface area contributed by atoms with Gasteiger partial charge in [0.05, 0.1) is 11.6 Å². The van der Waals surface area contributed by atoms with Crippen LogP contribution in [0.2, 0.25) is 0 Å². The Labute approximate surface area is 119 Å². The zero-order valence-corrected chi connectivity index (χ0v) is 12.0. The summed E-state index contributed by atoms with van der Waals surface area (Å²) < 4.78 is 5.43. The van der Waals surface area contributed by atoms with E-state index in [-0.39, 0.29) is 18.6 Å². The molecule has 1 rings (SSSR count). The first-order valence-corrected chi connectivity index (χ1v) is 6.59. The van der Waals surface area contributed by atoms with Gasteiger partial charge in [-0.05, 0) is 18.2 Å². The number of hydrogen-bond donors (Lipinski definition) is 3. The van der Waals surface area contributed by atoms with Crippen molar-refractivity contribution in [1.29, 1.82) is 5.26 Å². The molecule has 0 aliphatic carbocycles. The summed E-state index contributed by atoms with van der Waals surface area (Å²) in [5.41, 5.74) is 0.321. The molecule has 0 aliphatic heterocycles. The van der Waals surface area contributed by atoms with Gasteiger partial charge in [-0.3, -0.25) is 0 Å². The van der Waals surface area contributed by atoms with Gasteiger partial charge in [-0.2, -0.15) is 5.26 Å². The van der Waals surface area contributed by atoms with Crippen LogP contribution in [-0.4, -0.2) is 42.6 Å². The highest BCUT2D eigenvalue weighted by Crippen LogP contribution is 2.13. The minimum Gasteiger partial charge on any atom is -0.491 e. The van der Waals surface area contributed by atoms with E-state index in [1.165, 1.54) is 0 Å². The van der Waals surface area contributed by atoms with Crippen LogP contribution in [0.4, 0.5) is 0 Å². The highest BCUT2D eigenvalue weighted by molar-refractivity contribution is 5.36. The van der Waals surface area contributed by atoms with E-state index in [9.17, 15) is 5.11 Å². The van der Waals surface area contributed by atoms with Crippen molar-refractivity contribution in [2.75, 3.05) is 26.3 Å². The summed E-state index contributed by atoms with van der Waals surface area (Å²) in [6.45, 7) is 5.13. The fraction of sp³-hybridized carbons (Fsp3) is 0.533. The number of nitrogens with zero attached hydrogens (tertiary/aromatic N) is 1. The number of nitriles is 1. The second kappa shape index (κ2) is 7.85. The Kier molecular flexibility index (Phi) is 6.46. The second-order valence-electron chi connectivity index (χ2n) is 5.56. The lowest BCUT2D eigenvalue weighted by molar-refractivity contribution is 0.0980. The van der Waals surface area contributed by atoms with Crippen molar-refractivity contribution in [3.8, 4) is 11.8 Å². The van der Waals surface area contributed by atoms with E-state index < -0.39 is 6.10 Å². The summed E-state index contributed by atoms with van der Waals surface area (Å²) in [7, 11) is 0. The third kappa shape index (κ3) is 6.02. The predicted octanol–water partition coefficient (Wildman–Crippen LogP) is 0.906. The number of rotatable bonds is 8. The van der Waals surface area contributed by atoms with Crippen LogP contribution in [0, 0.1) is 16.7 Å². The summed E-state index contributed by atoms with van der Waals surface area (Å²) in [4.78, 5) is 0. The molecule has 1 aromatic rings. The smallest absolute Gasteiger partial charge is 0.120 e. The van der Waals surface area contributed by atoms with Crippen LogP contribution in [-0.2, 0) is 0 Å². The standard InChI is InChI=1S/C15H22N2O3/c1-15(2,11-18)10-17-8-13(19)9-20-14-5-3-4-12(6-14)7-16/h3-6,13,17-19H,8-11H2,1-2H3. The first-order chi connectivity index (χ1) is 9.46. The van der Waals surface area contributed by atoms with Crippen LogP contribution in [0.5, 0.6) is 5.75 Å². The van der Waals surface area contributed by atoms with Gasteiger partial charge in [-0.15, -0.1) is 0 Å². The highest BCUT2D eigenvalue weighted by Gasteiger charge is 2.16. The van der Waals surface area contributed by atoms with E-state index >= 15 is 0 Å². The molecule has 0 heterocycles. The lowest BCUT2D eigenvalue weighted by Gasteiger charge is -2.23. The Morgan fingerprint density at radius 1 is 1.45 bits per heavy atom. The number of aliphatic hydroxyl groups is 2. The van der Waals surface area contributed by atoms with E-state index in [1.807, 2.05) is 19.9 Å². The number of aliphatic hydroxyl groups excluding tert-OH is 2. The summed E-state index contributed by atoms with van der Waals surface area (Å²) in [5, 5.41) is 30.8. The second-order valence-corrected chi connectivity index (χ2v) is 5.56. The van der Waals surface area contributed by atoms with Crippen molar-refractivity contribution in [3.63, 3.8) is 0 Å². The van der Waals surface area contributed by atoms with Crippen LogP contribution in [0.3, 0.4) is 0 Å². The Morgan fingerprint density at radius 3 is 2.85 bits per heavy atom. The zero-order chi connectivity index (χ0) is 15.0. The van der Waals surface area contributed by atoms with Gasteiger partial charge in [0.1, 0.15) is 18.5 Å². The molecule has 0 aromatic heterocycles. The van der Waals surface area contributed by atoms with Crippen molar-refractivity contribution in [2.45, 2.75) is 20.0 Å². The molecule has 1 atom stereocenters. The Balaban J connectivity index is 2.29. The molecule has 0 amide bonds. The fourth-order valence-corrected chi connectivity index (χ4v) is 1.54. The molecule has 5 nitrogen and oxygen atoms in total. The van der Waals surface area contributed by atoms with E-state index in [4.69, 9.17) is 15.1 Å². The minimum atomic E-state index is -0.643. The zero-order valence-electron chi connectivity index (χ0n) is 12.0. The van der Waals surface area contributed by atoms with Crippen LogP contribution in [0.15, 0.2) is 24.3 Å². The average molecular weight is 278 g/mol. The van der Waals surface area contributed by atoms with Gasteiger partial charge in [0, 0.05) is 25.1 Å². The minimum absolute atomic E-state index is 0.0908. The van der Waals surface area contributed by atoms with Gasteiger partial charge in [0.15, 0.2) is 0 Å². The number of benzene rings is 1. The van der Waals surface area contributed by atoms with E-state index in [0.717, 1.165) is 0 Å². The normalized spacial score (nSPS) is 12.8. The molecule has 5 heteroatoms. The van der Waals surface area contributed by atoms with Crippen molar-refractivity contribution in [3.05, 3.63) is 29.8 Å². The van der Waals surface area contributed by atoms with Gasteiger partial charge in [-0.1, -0.05) is 19.9 Å². The SMILES string of the molecule is CC(C)(CO)CNCC(O)COc1cccc(C#N)c1. The fourth-order valence-electron chi connectivity index (χ4n) is 1.54. The molecule has 0 saturated carbocycles. The third-order valence-electron chi connectivity index (χ3n) is 2.82. The van der Waals surface area contributed by atoms with Gasteiger partial charge in [0.25, 0.3) is 0 Å². The summed E-state index contributed by atoms with van der Waals surface area (Å²) in [6.07, 6.45) is -0.643. The maximum atomic E-state index is 9.79. The van der Waals surface area contributed by atoms with Crippen LogP contribution in [0.25, 0.3) is 0 Å².